The Kier molecular flexibility index (Phi) is 5.60. The number of para-hydroxylation sites is 3. The van der Waals surface area contributed by atoms with Crippen LogP contribution in [0.4, 0.5) is 0 Å². The first-order valence-electron chi connectivity index (χ1n) is 11.4. The topological polar surface area (TPSA) is 17.8 Å². The molecule has 0 aliphatic heterocycles. The number of rotatable bonds is 6. The maximum atomic E-state index is 5.09. The molecule has 5 rings (SSSR count). The molecule has 0 saturated heterocycles. The minimum atomic E-state index is 0.587. The molecule has 0 saturated carbocycles. The standard InChI is InChI=1S/C30H28N2/c1-22(2)19-25-14-6-8-17-28(25)32-29-18-9-7-16-27(29)31-30(32)26-15-10-13-24(21-26)20-23-11-4-3-5-12-23/h3-18,21-22H,19-20H2,1-2H3. The molecule has 4 aromatic carbocycles. The van der Waals surface area contributed by atoms with E-state index in [2.05, 4.69) is 122 Å². The van der Waals surface area contributed by atoms with Gasteiger partial charge in [0, 0.05) is 5.56 Å². The van der Waals surface area contributed by atoms with Gasteiger partial charge in [-0.05, 0) is 59.7 Å². The summed E-state index contributed by atoms with van der Waals surface area (Å²) >= 11 is 0. The summed E-state index contributed by atoms with van der Waals surface area (Å²) < 4.78 is 2.34. The van der Waals surface area contributed by atoms with E-state index in [-0.39, 0.29) is 0 Å². The Labute approximate surface area is 190 Å². The van der Waals surface area contributed by atoms with Gasteiger partial charge < -0.3 is 0 Å². The molecule has 32 heavy (non-hydrogen) atoms. The molecule has 0 aliphatic rings. The lowest BCUT2D eigenvalue weighted by molar-refractivity contribution is 0.645. The molecule has 1 aromatic heterocycles. The quantitative estimate of drug-likeness (QED) is 0.280. The van der Waals surface area contributed by atoms with Gasteiger partial charge in [0.1, 0.15) is 5.82 Å². The van der Waals surface area contributed by atoms with Gasteiger partial charge in [-0.1, -0.05) is 92.7 Å². The van der Waals surface area contributed by atoms with Crippen LogP contribution < -0.4 is 0 Å². The predicted octanol–water partition coefficient (Wildman–Crippen LogP) is 7.48. The second kappa shape index (κ2) is 8.84. The number of benzene rings is 4. The summed E-state index contributed by atoms with van der Waals surface area (Å²) in [7, 11) is 0. The summed E-state index contributed by atoms with van der Waals surface area (Å²) in [4.78, 5) is 5.09. The Morgan fingerprint density at radius 3 is 2.28 bits per heavy atom. The first-order valence-corrected chi connectivity index (χ1v) is 11.4. The first kappa shape index (κ1) is 20.3. The van der Waals surface area contributed by atoms with Crippen molar-refractivity contribution in [2.75, 3.05) is 0 Å². The van der Waals surface area contributed by atoms with E-state index in [9.17, 15) is 0 Å². The summed E-state index contributed by atoms with van der Waals surface area (Å²) in [5, 5.41) is 0. The number of hydrogen-bond acceptors (Lipinski definition) is 1. The molecule has 1 heterocycles. The third-order valence-corrected chi connectivity index (χ3v) is 5.86. The Bertz CT molecular complexity index is 1350. The molecule has 5 aromatic rings. The molecule has 0 unspecified atom stereocenters. The van der Waals surface area contributed by atoms with Gasteiger partial charge >= 0.3 is 0 Å². The molecule has 0 amide bonds. The van der Waals surface area contributed by atoms with Crippen LogP contribution in [0.5, 0.6) is 0 Å². The van der Waals surface area contributed by atoms with Crippen LogP contribution in [-0.4, -0.2) is 9.55 Å². The first-order chi connectivity index (χ1) is 15.7. The summed E-state index contributed by atoms with van der Waals surface area (Å²) in [6.07, 6.45) is 1.95. The lowest BCUT2D eigenvalue weighted by atomic mass is 10.0. The van der Waals surface area contributed by atoms with Crippen LogP contribution in [0.15, 0.2) is 103 Å². The number of imidazole rings is 1. The molecule has 0 radical (unpaired) electrons. The fourth-order valence-electron chi connectivity index (χ4n) is 4.46. The van der Waals surface area contributed by atoms with Crippen LogP contribution in [0.25, 0.3) is 28.1 Å². The van der Waals surface area contributed by atoms with Crippen molar-refractivity contribution in [3.63, 3.8) is 0 Å². The van der Waals surface area contributed by atoms with Gasteiger partial charge in [-0.2, -0.15) is 0 Å². The number of aromatic nitrogens is 2. The highest BCUT2D eigenvalue weighted by Gasteiger charge is 2.17. The fourth-order valence-corrected chi connectivity index (χ4v) is 4.46. The molecule has 0 fully saturated rings. The van der Waals surface area contributed by atoms with Crippen LogP contribution >= 0.6 is 0 Å². The normalized spacial score (nSPS) is 11.3. The van der Waals surface area contributed by atoms with Gasteiger partial charge in [0.25, 0.3) is 0 Å². The van der Waals surface area contributed by atoms with Gasteiger partial charge in [-0.3, -0.25) is 4.57 Å². The van der Waals surface area contributed by atoms with Crippen LogP contribution in [0.1, 0.15) is 30.5 Å². The zero-order chi connectivity index (χ0) is 21.9. The maximum Gasteiger partial charge on any atom is 0.145 e. The van der Waals surface area contributed by atoms with E-state index in [0.29, 0.717) is 5.92 Å². The molecular formula is C30H28N2. The molecule has 0 spiro atoms. The molecule has 2 heteroatoms. The van der Waals surface area contributed by atoms with E-state index < -0.39 is 0 Å². The zero-order valence-corrected chi connectivity index (χ0v) is 18.7. The molecule has 2 nitrogen and oxygen atoms in total. The Morgan fingerprint density at radius 1 is 0.719 bits per heavy atom. The van der Waals surface area contributed by atoms with Crippen LogP contribution in [-0.2, 0) is 12.8 Å². The van der Waals surface area contributed by atoms with E-state index in [1.807, 2.05) is 0 Å². The van der Waals surface area contributed by atoms with Gasteiger partial charge in [-0.25, -0.2) is 4.98 Å². The average Bonchev–Trinajstić information content (AvgIpc) is 3.19. The summed E-state index contributed by atoms with van der Waals surface area (Å²) in [6.45, 7) is 4.55. The second-order valence-electron chi connectivity index (χ2n) is 8.85. The minimum Gasteiger partial charge on any atom is -0.292 e. The zero-order valence-electron chi connectivity index (χ0n) is 18.7. The van der Waals surface area contributed by atoms with Crippen molar-refractivity contribution in [1.82, 2.24) is 9.55 Å². The minimum absolute atomic E-state index is 0.587. The molecule has 0 N–H and O–H groups in total. The smallest absolute Gasteiger partial charge is 0.145 e. The number of fused-ring (bicyclic) bond motifs is 1. The number of hydrogen-bond donors (Lipinski definition) is 0. The van der Waals surface area contributed by atoms with Crippen LogP contribution in [0, 0.1) is 5.92 Å². The lowest BCUT2D eigenvalue weighted by Gasteiger charge is -2.16. The van der Waals surface area contributed by atoms with E-state index >= 15 is 0 Å². The van der Waals surface area contributed by atoms with Crippen LogP contribution in [0.2, 0.25) is 0 Å². The van der Waals surface area contributed by atoms with Crippen LogP contribution in [0.3, 0.4) is 0 Å². The van der Waals surface area contributed by atoms with Crippen molar-refractivity contribution in [2.24, 2.45) is 5.92 Å². The third kappa shape index (κ3) is 4.09. The van der Waals surface area contributed by atoms with E-state index in [0.717, 1.165) is 35.3 Å². The lowest BCUT2D eigenvalue weighted by Crippen LogP contribution is -2.04. The van der Waals surface area contributed by atoms with Gasteiger partial charge in [0.2, 0.25) is 0 Å². The van der Waals surface area contributed by atoms with Crippen molar-refractivity contribution < 1.29 is 0 Å². The average molecular weight is 417 g/mol. The SMILES string of the molecule is CC(C)Cc1ccccc1-n1c(-c2cccc(Cc3ccccc3)c2)nc2ccccc21. The molecular weight excluding hydrogens is 388 g/mol. The van der Waals surface area contributed by atoms with Crippen molar-refractivity contribution in [1.29, 1.82) is 0 Å². The predicted molar refractivity (Wildman–Crippen MR) is 134 cm³/mol. The van der Waals surface area contributed by atoms with Gasteiger partial charge in [0.15, 0.2) is 0 Å². The van der Waals surface area contributed by atoms with E-state index in [4.69, 9.17) is 4.98 Å². The Hall–Kier alpha value is -3.65. The van der Waals surface area contributed by atoms with Crippen molar-refractivity contribution in [3.8, 4) is 17.1 Å². The fraction of sp³-hybridized carbons (Fsp3) is 0.167. The summed E-state index contributed by atoms with van der Waals surface area (Å²) in [5.41, 5.74) is 8.50. The monoisotopic (exact) mass is 416 g/mol. The number of nitrogens with zero attached hydrogens (tertiary/aromatic N) is 2. The highest BCUT2D eigenvalue weighted by molar-refractivity contribution is 5.83. The highest BCUT2D eigenvalue weighted by atomic mass is 15.1. The molecule has 158 valence electrons. The van der Waals surface area contributed by atoms with Crippen molar-refractivity contribution in [2.45, 2.75) is 26.7 Å². The maximum absolute atomic E-state index is 5.09. The van der Waals surface area contributed by atoms with E-state index in [1.165, 1.54) is 22.4 Å². The summed E-state index contributed by atoms with van der Waals surface area (Å²) in [5.74, 6) is 1.58. The van der Waals surface area contributed by atoms with Crippen molar-refractivity contribution >= 4 is 11.0 Å². The Morgan fingerprint density at radius 2 is 1.44 bits per heavy atom. The van der Waals surface area contributed by atoms with E-state index in [1.54, 1.807) is 0 Å². The largest absolute Gasteiger partial charge is 0.292 e. The summed E-state index contributed by atoms with van der Waals surface area (Å²) in [6, 6.07) is 36.6. The van der Waals surface area contributed by atoms with Gasteiger partial charge in [0.05, 0.1) is 16.7 Å². The highest BCUT2D eigenvalue weighted by Crippen LogP contribution is 2.31. The third-order valence-electron chi connectivity index (χ3n) is 5.86. The second-order valence-corrected chi connectivity index (χ2v) is 8.85. The Balaban J connectivity index is 1.66. The van der Waals surface area contributed by atoms with Crippen molar-refractivity contribution in [3.05, 3.63) is 120 Å². The molecule has 0 bridgehead atoms. The molecule has 0 atom stereocenters. The van der Waals surface area contributed by atoms with Gasteiger partial charge in [-0.15, -0.1) is 0 Å². The molecule has 0 aliphatic carbocycles.